The molecule has 3 unspecified atom stereocenters. The Balaban J connectivity index is 1.51. The molecular formula is C20H21F3N6O. The molecule has 30 heavy (non-hydrogen) atoms. The smallest absolute Gasteiger partial charge is 0.365 e. The maximum atomic E-state index is 13.4. The second-order valence-corrected chi connectivity index (χ2v) is 6.92. The number of dihydropyridines is 1. The number of fused-ring (bicyclic) bond motifs is 1. The van der Waals surface area contributed by atoms with Crippen LogP contribution >= 0.6 is 0 Å². The maximum absolute atomic E-state index is 13.4. The van der Waals surface area contributed by atoms with Crippen molar-refractivity contribution in [1.29, 1.82) is 0 Å². The molecule has 5 N–H and O–H groups in total. The van der Waals surface area contributed by atoms with Crippen molar-refractivity contribution < 1.29 is 18.0 Å². The van der Waals surface area contributed by atoms with Crippen molar-refractivity contribution in [2.24, 2.45) is 0 Å². The lowest BCUT2D eigenvalue weighted by Gasteiger charge is -2.35. The van der Waals surface area contributed by atoms with Crippen LogP contribution in [0.4, 0.5) is 13.2 Å². The van der Waals surface area contributed by atoms with Crippen LogP contribution in [0.1, 0.15) is 17.2 Å². The molecular weight excluding hydrogens is 397 g/mol. The summed E-state index contributed by atoms with van der Waals surface area (Å²) in [5.41, 5.74) is 2.66. The van der Waals surface area contributed by atoms with E-state index in [1.807, 2.05) is 12.2 Å². The zero-order valence-corrected chi connectivity index (χ0v) is 16.0. The lowest BCUT2D eigenvalue weighted by molar-refractivity contribution is -0.138. The third-order valence-corrected chi connectivity index (χ3v) is 4.96. The molecule has 4 rings (SSSR count). The number of halogens is 3. The highest BCUT2D eigenvalue weighted by atomic mass is 19.4. The Morgan fingerprint density at radius 1 is 1.17 bits per heavy atom. The van der Waals surface area contributed by atoms with E-state index in [9.17, 15) is 18.0 Å². The summed E-state index contributed by atoms with van der Waals surface area (Å²) in [4.78, 5) is 12.8. The molecule has 0 aliphatic carbocycles. The van der Waals surface area contributed by atoms with Crippen molar-refractivity contribution in [2.75, 3.05) is 7.05 Å². The number of hydrogen-bond donors (Lipinski definition) is 5. The highest BCUT2D eigenvalue weighted by molar-refractivity contribution is 5.94. The first-order chi connectivity index (χ1) is 14.4. The molecule has 3 atom stereocenters. The quantitative estimate of drug-likeness (QED) is 0.478. The van der Waals surface area contributed by atoms with Crippen molar-refractivity contribution in [3.8, 4) is 0 Å². The van der Waals surface area contributed by atoms with Crippen LogP contribution in [0.15, 0.2) is 72.4 Å². The molecule has 0 saturated heterocycles. The van der Waals surface area contributed by atoms with Crippen LogP contribution in [0.3, 0.4) is 0 Å². The van der Waals surface area contributed by atoms with Gasteiger partial charge in [-0.05, 0) is 36.9 Å². The first kappa shape index (κ1) is 20.0. The molecule has 0 fully saturated rings. The number of carbonyl (C=O) groups excluding carboxylic acids is 1. The fraction of sp³-hybridized carbons (Fsp3) is 0.250. The summed E-state index contributed by atoms with van der Waals surface area (Å²) in [6.07, 6.45) is 5.36. The zero-order valence-electron chi connectivity index (χ0n) is 16.0. The Morgan fingerprint density at radius 2 is 1.97 bits per heavy atom. The number of likely N-dealkylation sites (N-methyl/N-ethyl adjacent to an activating group) is 1. The molecule has 10 heteroatoms. The Labute approximate surface area is 171 Å². The average molecular weight is 418 g/mol. The molecule has 0 saturated carbocycles. The van der Waals surface area contributed by atoms with Crippen LogP contribution in [-0.2, 0) is 11.0 Å². The molecule has 158 valence electrons. The molecule has 1 aromatic rings. The minimum atomic E-state index is -4.47. The second-order valence-electron chi connectivity index (χ2n) is 6.92. The average Bonchev–Trinajstić information content (AvgIpc) is 3.16. The fourth-order valence-electron chi connectivity index (χ4n) is 3.49. The molecule has 0 bridgehead atoms. The van der Waals surface area contributed by atoms with Gasteiger partial charge >= 0.3 is 6.18 Å². The van der Waals surface area contributed by atoms with Gasteiger partial charge in [-0.2, -0.15) is 13.2 Å². The number of hydrazine groups is 1. The number of alkyl halides is 3. The molecule has 3 aliphatic rings. The predicted octanol–water partition coefficient (Wildman–Crippen LogP) is 1.56. The van der Waals surface area contributed by atoms with Crippen LogP contribution in [0.5, 0.6) is 0 Å². The van der Waals surface area contributed by atoms with Gasteiger partial charge in [0.05, 0.1) is 17.8 Å². The molecule has 1 aromatic carbocycles. The van der Waals surface area contributed by atoms with Gasteiger partial charge in [-0.3, -0.25) is 15.1 Å². The molecule has 0 spiro atoms. The van der Waals surface area contributed by atoms with E-state index in [-0.39, 0.29) is 23.6 Å². The molecule has 0 aromatic heterocycles. The molecule has 1 amide bonds. The first-order valence-electron chi connectivity index (χ1n) is 9.36. The van der Waals surface area contributed by atoms with Crippen LogP contribution < -0.4 is 26.7 Å². The number of carbonyl (C=O) groups is 1. The normalized spacial score (nSPS) is 25.1. The number of rotatable bonds is 4. The Bertz CT molecular complexity index is 952. The summed E-state index contributed by atoms with van der Waals surface area (Å²) in [5, 5.41) is 13.4. The van der Waals surface area contributed by atoms with Crippen molar-refractivity contribution >= 4 is 5.91 Å². The Morgan fingerprint density at radius 3 is 2.73 bits per heavy atom. The van der Waals surface area contributed by atoms with Crippen molar-refractivity contribution in [2.45, 2.75) is 24.5 Å². The number of benzene rings is 1. The lowest BCUT2D eigenvalue weighted by atomic mass is 9.99. The second kappa shape index (κ2) is 7.88. The van der Waals surface area contributed by atoms with E-state index in [2.05, 4.69) is 26.7 Å². The fourth-order valence-corrected chi connectivity index (χ4v) is 3.49. The summed E-state index contributed by atoms with van der Waals surface area (Å²) in [6.45, 7) is 0. The van der Waals surface area contributed by atoms with Crippen molar-refractivity contribution in [3.63, 3.8) is 0 Å². The lowest BCUT2D eigenvalue weighted by Crippen LogP contribution is -2.52. The Kier molecular flexibility index (Phi) is 5.27. The molecule has 0 radical (unpaired) electrons. The van der Waals surface area contributed by atoms with Gasteiger partial charge in [-0.1, -0.05) is 30.4 Å². The SMILES string of the molecule is CNC1C=CC=C(NC(=O)C2=CNC3C=CC(c4ccccc4C(F)(F)F)NN23)N1. The van der Waals surface area contributed by atoms with E-state index < -0.39 is 23.7 Å². The van der Waals surface area contributed by atoms with E-state index in [4.69, 9.17) is 0 Å². The van der Waals surface area contributed by atoms with Crippen molar-refractivity contribution in [3.05, 3.63) is 83.5 Å². The summed E-state index contributed by atoms with van der Waals surface area (Å²) in [7, 11) is 1.78. The van der Waals surface area contributed by atoms with Gasteiger partial charge in [0, 0.05) is 6.20 Å². The minimum Gasteiger partial charge on any atom is -0.365 e. The van der Waals surface area contributed by atoms with Gasteiger partial charge in [0.2, 0.25) is 0 Å². The van der Waals surface area contributed by atoms with Crippen LogP contribution in [-0.4, -0.2) is 30.3 Å². The first-order valence-corrected chi connectivity index (χ1v) is 9.36. The highest BCUT2D eigenvalue weighted by Crippen LogP contribution is 2.36. The van der Waals surface area contributed by atoms with E-state index >= 15 is 0 Å². The molecule has 3 heterocycles. The third kappa shape index (κ3) is 3.91. The number of nitrogens with one attached hydrogen (secondary N) is 5. The van der Waals surface area contributed by atoms with Crippen molar-refractivity contribution in [1.82, 2.24) is 31.7 Å². The van der Waals surface area contributed by atoms with Gasteiger partial charge in [0.15, 0.2) is 0 Å². The predicted molar refractivity (Wildman–Crippen MR) is 105 cm³/mol. The van der Waals surface area contributed by atoms with Gasteiger partial charge in [0.25, 0.3) is 5.91 Å². The number of hydrogen-bond acceptors (Lipinski definition) is 6. The van der Waals surface area contributed by atoms with Crippen LogP contribution in [0.25, 0.3) is 0 Å². The summed E-state index contributed by atoms with van der Waals surface area (Å²) in [5.74, 6) is 0.109. The van der Waals surface area contributed by atoms with Gasteiger partial charge < -0.3 is 16.0 Å². The molecule has 3 aliphatic heterocycles. The summed E-state index contributed by atoms with van der Waals surface area (Å²) >= 11 is 0. The maximum Gasteiger partial charge on any atom is 0.416 e. The zero-order chi connectivity index (χ0) is 21.3. The van der Waals surface area contributed by atoms with Gasteiger partial charge in [-0.25, -0.2) is 5.43 Å². The Hall–Kier alpha value is -3.24. The van der Waals surface area contributed by atoms with Crippen LogP contribution in [0, 0.1) is 0 Å². The number of amides is 1. The number of nitrogens with zero attached hydrogens (tertiary/aromatic N) is 1. The third-order valence-electron chi connectivity index (χ3n) is 4.96. The van der Waals surface area contributed by atoms with Gasteiger partial charge in [0.1, 0.15) is 17.7 Å². The molecule has 7 nitrogen and oxygen atoms in total. The summed E-state index contributed by atoms with van der Waals surface area (Å²) in [6, 6.07) is 4.66. The van der Waals surface area contributed by atoms with E-state index in [1.54, 1.807) is 31.3 Å². The van der Waals surface area contributed by atoms with E-state index in [1.165, 1.54) is 23.3 Å². The van der Waals surface area contributed by atoms with Gasteiger partial charge in [-0.15, -0.1) is 0 Å². The standard InChI is InChI=1S/C20H21F3N6O/c1-24-16-7-4-8-17(26-16)27-19(30)15-11-25-18-10-9-14(28-29(15)18)12-5-2-3-6-13(12)20(21,22)23/h2-11,14,16,18,24-26,28H,1H3,(H,27,30). The van der Waals surface area contributed by atoms with Crippen LogP contribution in [0.2, 0.25) is 0 Å². The van der Waals surface area contributed by atoms with E-state index in [0.29, 0.717) is 5.82 Å². The van der Waals surface area contributed by atoms with E-state index in [0.717, 1.165) is 6.07 Å². The topological polar surface area (TPSA) is 80.5 Å². The summed E-state index contributed by atoms with van der Waals surface area (Å²) < 4.78 is 40.3. The number of allylic oxidation sites excluding steroid dienone is 2. The largest absolute Gasteiger partial charge is 0.416 e. The monoisotopic (exact) mass is 418 g/mol. The highest BCUT2D eigenvalue weighted by Gasteiger charge is 2.38. The minimum absolute atomic E-state index is 0.0880.